The van der Waals surface area contributed by atoms with E-state index in [0.717, 1.165) is 4.47 Å². The number of rotatable bonds is 3. The summed E-state index contributed by atoms with van der Waals surface area (Å²) in [7, 11) is 0. The highest BCUT2D eigenvalue weighted by Crippen LogP contribution is 2.19. The van der Waals surface area contributed by atoms with Gasteiger partial charge in [0.2, 0.25) is 0 Å². The summed E-state index contributed by atoms with van der Waals surface area (Å²) in [4.78, 5) is 22.7. The van der Waals surface area contributed by atoms with Crippen molar-refractivity contribution in [2.24, 2.45) is 5.41 Å². The van der Waals surface area contributed by atoms with Crippen molar-refractivity contribution in [2.45, 2.75) is 20.4 Å². The molecule has 0 atom stereocenters. The van der Waals surface area contributed by atoms with Crippen LogP contribution in [-0.2, 0) is 11.3 Å². The maximum absolute atomic E-state index is 11.7. The molecule has 88 valence electrons. The van der Waals surface area contributed by atoms with Crippen LogP contribution in [0.5, 0.6) is 0 Å². The molecule has 1 heterocycles. The smallest absolute Gasteiger partial charge is 0.310 e. The molecule has 4 nitrogen and oxygen atoms in total. The largest absolute Gasteiger partial charge is 0.481 e. The van der Waals surface area contributed by atoms with Gasteiger partial charge in [0.1, 0.15) is 0 Å². The molecule has 1 N–H and O–H groups in total. The van der Waals surface area contributed by atoms with E-state index in [1.54, 1.807) is 26.1 Å². The lowest BCUT2D eigenvalue weighted by Gasteiger charge is -2.20. The summed E-state index contributed by atoms with van der Waals surface area (Å²) in [5, 5.41) is 8.99. The summed E-state index contributed by atoms with van der Waals surface area (Å²) < 4.78 is 2.51. The third kappa shape index (κ3) is 2.95. The summed E-state index contributed by atoms with van der Waals surface area (Å²) in [5.74, 6) is -0.935. The highest BCUT2D eigenvalue weighted by molar-refractivity contribution is 9.11. The molecule has 0 spiro atoms. The first-order valence-corrected chi connectivity index (χ1v) is 6.11. The Morgan fingerprint density at radius 1 is 1.50 bits per heavy atom. The van der Waals surface area contributed by atoms with Crippen LogP contribution in [-0.4, -0.2) is 15.6 Å². The molecule has 1 rings (SSSR count). The molecule has 1 aromatic rings. The number of aliphatic carboxylic acids is 1. The van der Waals surface area contributed by atoms with Gasteiger partial charge in [0.25, 0.3) is 5.56 Å². The van der Waals surface area contributed by atoms with Gasteiger partial charge < -0.3 is 9.67 Å². The molecule has 6 heteroatoms. The van der Waals surface area contributed by atoms with E-state index in [-0.39, 0.29) is 12.1 Å². The monoisotopic (exact) mass is 351 g/mol. The zero-order valence-corrected chi connectivity index (χ0v) is 12.0. The van der Waals surface area contributed by atoms with Gasteiger partial charge in [0.15, 0.2) is 0 Å². The third-order valence-corrected chi connectivity index (χ3v) is 3.16. The second kappa shape index (κ2) is 4.71. The summed E-state index contributed by atoms with van der Waals surface area (Å²) in [5.41, 5.74) is -1.22. The highest BCUT2D eigenvalue weighted by Gasteiger charge is 2.28. The van der Waals surface area contributed by atoms with Crippen LogP contribution in [0.1, 0.15) is 13.8 Å². The number of hydrogen-bond acceptors (Lipinski definition) is 2. The van der Waals surface area contributed by atoms with Crippen LogP contribution in [0.3, 0.4) is 0 Å². The molecule has 0 bridgehead atoms. The molecule has 0 unspecified atom stereocenters. The number of aromatic nitrogens is 1. The molecule has 0 saturated carbocycles. The summed E-state index contributed by atoms with van der Waals surface area (Å²) in [6.07, 6.45) is 1.58. The van der Waals surface area contributed by atoms with Gasteiger partial charge in [0, 0.05) is 17.2 Å². The number of halogens is 2. The van der Waals surface area contributed by atoms with Gasteiger partial charge in [-0.15, -0.1) is 0 Å². The second-order valence-corrected chi connectivity index (χ2v) is 5.90. The van der Waals surface area contributed by atoms with E-state index in [1.807, 2.05) is 0 Å². The zero-order chi connectivity index (χ0) is 12.5. The molecular formula is C10H11Br2NO3. The molecule has 0 fully saturated rings. The minimum Gasteiger partial charge on any atom is -0.481 e. The molecule has 0 aliphatic heterocycles. The number of nitrogens with zero attached hydrogens (tertiary/aromatic N) is 1. The standard InChI is InChI=1S/C10H11Br2NO3/c1-10(2,9(15)16)5-13-4-6(11)3-7(12)8(13)14/h3-4H,5H2,1-2H3,(H,15,16). The Hall–Kier alpha value is -0.620. The van der Waals surface area contributed by atoms with Gasteiger partial charge in [-0.1, -0.05) is 0 Å². The SMILES string of the molecule is CC(C)(Cn1cc(Br)cc(Br)c1=O)C(=O)O. The molecule has 0 amide bonds. The van der Waals surface area contributed by atoms with E-state index in [4.69, 9.17) is 5.11 Å². The van der Waals surface area contributed by atoms with Crippen LogP contribution in [0.25, 0.3) is 0 Å². The highest BCUT2D eigenvalue weighted by atomic mass is 79.9. The average Bonchev–Trinajstić information content (AvgIpc) is 2.12. The van der Waals surface area contributed by atoms with E-state index >= 15 is 0 Å². The van der Waals surface area contributed by atoms with Crippen molar-refractivity contribution in [3.8, 4) is 0 Å². The number of carboxylic acid groups (broad SMARTS) is 1. The normalized spacial score (nSPS) is 11.5. The predicted molar refractivity (Wildman–Crippen MR) is 67.5 cm³/mol. The number of carboxylic acids is 1. The minimum absolute atomic E-state index is 0.124. The molecule has 0 aliphatic rings. The van der Waals surface area contributed by atoms with Crippen LogP contribution < -0.4 is 5.56 Å². The van der Waals surface area contributed by atoms with Crippen molar-refractivity contribution >= 4 is 37.8 Å². The second-order valence-electron chi connectivity index (χ2n) is 4.13. The van der Waals surface area contributed by atoms with Crippen molar-refractivity contribution in [3.05, 3.63) is 31.6 Å². The summed E-state index contributed by atoms with van der Waals surface area (Å²) >= 11 is 6.39. The molecule has 0 radical (unpaired) electrons. The first-order chi connectivity index (χ1) is 7.24. The summed E-state index contributed by atoms with van der Waals surface area (Å²) in [6, 6.07) is 1.63. The molecule has 0 saturated heterocycles. The van der Waals surface area contributed by atoms with Gasteiger partial charge in [-0.25, -0.2) is 0 Å². The van der Waals surface area contributed by atoms with Crippen LogP contribution >= 0.6 is 31.9 Å². The Labute approximate surface area is 110 Å². The van der Waals surface area contributed by atoms with E-state index < -0.39 is 11.4 Å². The third-order valence-electron chi connectivity index (χ3n) is 2.15. The van der Waals surface area contributed by atoms with Crippen LogP contribution in [0.15, 0.2) is 26.0 Å². The molecule has 0 aliphatic carbocycles. The van der Waals surface area contributed by atoms with Gasteiger partial charge in [-0.2, -0.15) is 0 Å². The molecular weight excluding hydrogens is 342 g/mol. The van der Waals surface area contributed by atoms with E-state index in [0.29, 0.717) is 4.47 Å². The fourth-order valence-corrected chi connectivity index (χ4v) is 2.43. The van der Waals surface area contributed by atoms with Crippen molar-refractivity contribution < 1.29 is 9.90 Å². The molecule has 16 heavy (non-hydrogen) atoms. The Bertz CT molecular complexity index is 479. The van der Waals surface area contributed by atoms with E-state index in [9.17, 15) is 9.59 Å². The Kier molecular flexibility index (Phi) is 3.96. The average molecular weight is 353 g/mol. The van der Waals surface area contributed by atoms with Crippen molar-refractivity contribution in [2.75, 3.05) is 0 Å². The van der Waals surface area contributed by atoms with Crippen LogP contribution in [0.2, 0.25) is 0 Å². The minimum atomic E-state index is -0.982. The maximum Gasteiger partial charge on any atom is 0.310 e. The lowest BCUT2D eigenvalue weighted by molar-refractivity contribution is -0.147. The van der Waals surface area contributed by atoms with Gasteiger partial charge >= 0.3 is 5.97 Å². The maximum atomic E-state index is 11.7. The van der Waals surface area contributed by atoms with Crippen molar-refractivity contribution in [3.63, 3.8) is 0 Å². The fraction of sp³-hybridized carbons (Fsp3) is 0.400. The number of pyridine rings is 1. The van der Waals surface area contributed by atoms with Crippen molar-refractivity contribution in [1.29, 1.82) is 0 Å². The topological polar surface area (TPSA) is 59.3 Å². The number of carbonyl (C=O) groups is 1. The van der Waals surface area contributed by atoms with E-state index in [2.05, 4.69) is 31.9 Å². The Balaban J connectivity index is 3.16. The number of hydrogen-bond donors (Lipinski definition) is 1. The van der Waals surface area contributed by atoms with Crippen molar-refractivity contribution in [1.82, 2.24) is 4.57 Å². The molecule has 0 aromatic carbocycles. The lowest BCUT2D eigenvalue weighted by Crippen LogP contribution is -2.34. The Morgan fingerprint density at radius 2 is 2.06 bits per heavy atom. The lowest BCUT2D eigenvalue weighted by atomic mass is 9.94. The quantitative estimate of drug-likeness (QED) is 0.909. The fourth-order valence-electron chi connectivity index (χ4n) is 1.18. The first-order valence-electron chi connectivity index (χ1n) is 4.53. The molecule has 1 aromatic heterocycles. The van der Waals surface area contributed by atoms with E-state index in [1.165, 1.54) is 4.57 Å². The van der Waals surface area contributed by atoms with Crippen LogP contribution in [0, 0.1) is 5.41 Å². The summed E-state index contributed by atoms with van der Waals surface area (Å²) in [6.45, 7) is 3.28. The van der Waals surface area contributed by atoms with Gasteiger partial charge in [-0.05, 0) is 51.8 Å². The predicted octanol–water partition coefficient (Wildman–Crippen LogP) is 2.48. The Morgan fingerprint density at radius 3 is 2.56 bits per heavy atom. The van der Waals surface area contributed by atoms with Gasteiger partial charge in [0.05, 0.1) is 9.89 Å². The first kappa shape index (κ1) is 13.4. The van der Waals surface area contributed by atoms with Crippen LogP contribution in [0.4, 0.5) is 0 Å². The zero-order valence-electron chi connectivity index (χ0n) is 8.83. The van der Waals surface area contributed by atoms with Gasteiger partial charge in [-0.3, -0.25) is 9.59 Å².